The van der Waals surface area contributed by atoms with E-state index in [0.29, 0.717) is 24.9 Å². The lowest BCUT2D eigenvalue weighted by Crippen LogP contribution is -2.42. The van der Waals surface area contributed by atoms with Gasteiger partial charge in [-0.25, -0.2) is 0 Å². The standard InChI is InChI=1S/C20H22N4O4/c21-10-13-9-20(15-3-1-2-4-16(15)23-19(20)28)11-24(13)18(27)8-17(26)22-12-5-6-14(25)7-12/h1-4,12-14,25H,5-9,11H2,(H,22,26)(H,23,28)/t12-,13-,14-,20-/m0/s1. The van der Waals surface area contributed by atoms with Crippen molar-refractivity contribution in [3.8, 4) is 6.07 Å². The monoisotopic (exact) mass is 382 g/mol. The maximum atomic E-state index is 12.8. The number of aliphatic hydroxyl groups is 1. The number of likely N-dealkylation sites (tertiary alicyclic amines) is 1. The number of anilines is 1. The largest absolute Gasteiger partial charge is 0.393 e. The van der Waals surface area contributed by atoms with E-state index in [4.69, 9.17) is 0 Å². The fraction of sp³-hybridized carbons (Fsp3) is 0.500. The lowest BCUT2D eigenvalue weighted by atomic mass is 9.80. The summed E-state index contributed by atoms with van der Waals surface area (Å²) in [6.07, 6.45) is 1.25. The van der Waals surface area contributed by atoms with E-state index >= 15 is 0 Å². The van der Waals surface area contributed by atoms with Gasteiger partial charge >= 0.3 is 0 Å². The Labute approximate surface area is 162 Å². The van der Waals surface area contributed by atoms with Gasteiger partial charge in [0.05, 0.1) is 17.6 Å². The molecule has 2 aliphatic heterocycles. The van der Waals surface area contributed by atoms with Gasteiger partial charge in [-0.15, -0.1) is 0 Å². The molecule has 0 unspecified atom stereocenters. The number of nitriles is 1. The topological polar surface area (TPSA) is 123 Å². The minimum absolute atomic E-state index is 0.0856. The summed E-state index contributed by atoms with van der Waals surface area (Å²) in [4.78, 5) is 39.1. The highest BCUT2D eigenvalue weighted by atomic mass is 16.3. The van der Waals surface area contributed by atoms with Crippen LogP contribution in [0.2, 0.25) is 0 Å². The third-order valence-electron chi connectivity index (χ3n) is 6.03. The number of carbonyl (C=O) groups is 3. The third-order valence-corrected chi connectivity index (χ3v) is 6.03. The number of nitrogens with one attached hydrogen (secondary N) is 2. The highest BCUT2D eigenvalue weighted by Crippen LogP contribution is 2.46. The number of aliphatic hydroxyl groups excluding tert-OH is 1. The van der Waals surface area contributed by atoms with E-state index in [1.54, 1.807) is 6.07 Å². The van der Waals surface area contributed by atoms with Crippen molar-refractivity contribution in [1.82, 2.24) is 10.2 Å². The second kappa shape index (κ2) is 6.91. The molecule has 0 aromatic heterocycles. The molecular formula is C20H22N4O4. The number of benzene rings is 1. The summed E-state index contributed by atoms with van der Waals surface area (Å²) in [7, 11) is 0. The first-order valence-electron chi connectivity index (χ1n) is 9.50. The number of hydrogen-bond acceptors (Lipinski definition) is 5. The average Bonchev–Trinajstić information content (AvgIpc) is 3.33. The molecule has 1 aliphatic carbocycles. The van der Waals surface area contributed by atoms with Crippen LogP contribution in [0.3, 0.4) is 0 Å². The molecule has 4 rings (SSSR count). The van der Waals surface area contributed by atoms with Gasteiger partial charge in [-0.3, -0.25) is 14.4 Å². The van der Waals surface area contributed by atoms with Gasteiger partial charge in [0.15, 0.2) is 0 Å². The van der Waals surface area contributed by atoms with Crippen LogP contribution in [-0.4, -0.2) is 52.5 Å². The molecule has 3 N–H and O–H groups in total. The molecule has 1 aromatic carbocycles. The summed E-state index contributed by atoms with van der Waals surface area (Å²) in [5.41, 5.74) is 0.551. The smallest absolute Gasteiger partial charge is 0.237 e. The SMILES string of the molecule is N#C[C@@H]1C[C@@]2(CN1C(=O)CC(=O)N[C@H]1CC[C@H](O)C1)C(=O)Nc1ccccc12. The van der Waals surface area contributed by atoms with Crippen LogP contribution >= 0.6 is 0 Å². The zero-order valence-corrected chi connectivity index (χ0v) is 15.4. The third kappa shape index (κ3) is 3.02. The van der Waals surface area contributed by atoms with Crippen molar-refractivity contribution < 1.29 is 19.5 Å². The molecule has 1 saturated heterocycles. The van der Waals surface area contributed by atoms with Crippen LogP contribution in [-0.2, 0) is 19.8 Å². The lowest BCUT2D eigenvalue weighted by Gasteiger charge is -2.23. The fourth-order valence-electron chi connectivity index (χ4n) is 4.62. The van der Waals surface area contributed by atoms with Gasteiger partial charge in [-0.1, -0.05) is 18.2 Å². The Kier molecular flexibility index (Phi) is 4.55. The normalized spacial score (nSPS) is 30.8. The average molecular weight is 382 g/mol. The quantitative estimate of drug-likeness (QED) is 0.654. The molecule has 2 fully saturated rings. The van der Waals surface area contributed by atoms with E-state index in [9.17, 15) is 24.8 Å². The van der Waals surface area contributed by atoms with Crippen molar-refractivity contribution in [1.29, 1.82) is 5.26 Å². The van der Waals surface area contributed by atoms with E-state index in [0.717, 1.165) is 5.56 Å². The number of amides is 3. The number of para-hydroxylation sites is 1. The molecule has 1 spiro atoms. The van der Waals surface area contributed by atoms with Gasteiger partial charge in [-0.2, -0.15) is 5.26 Å². The predicted molar refractivity (Wildman–Crippen MR) is 98.9 cm³/mol. The van der Waals surface area contributed by atoms with Crippen molar-refractivity contribution in [3.63, 3.8) is 0 Å². The molecule has 3 amide bonds. The predicted octanol–water partition coefficient (Wildman–Crippen LogP) is 0.421. The molecule has 2 heterocycles. The van der Waals surface area contributed by atoms with Crippen molar-refractivity contribution in [2.24, 2.45) is 0 Å². The number of hydrogen-bond donors (Lipinski definition) is 3. The van der Waals surface area contributed by atoms with Gasteiger partial charge in [-0.05, 0) is 30.9 Å². The minimum Gasteiger partial charge on any atom is -0.393 e. The molecule has 8 nitrogen and oxygen atoms in total. The van der Waals surface area contributed by atoms with Gasteiger partial charge in [0.25, 0.3) is 0 Å². The zero-order valence-electron chi connectivity index (χ0n) is 15.4. The van der Waals surface area contributed by atoms with Crippen LogP contribution in [0.25, 0.3) is 0 Å². The molecule has 0 radical (unpaired) electrons. The molecule has 0 bridgehead atoms. The second-order valence-corrected chi connectivity index (χ2v) is 7.86. The molecular weight excluding hydrogens is 360 g/mol. The Hall–Kier alpha value is -2.92. The lowest BCUT2D eigenvalue weighted by molar-refractivity contribution is -0.136. The van der Waals surface area contributed by atoms with Gasteiger partial charge in [0.2, 0.25) is 17.7 Å². The number of carbonyl (C=O) groups excluding carboxylic acids is 3. The Bertz CT molecular complexity index is 879. The van der Waals surface area contributed by atoms with Gasteiger partial charge < -0.3 is 20.6 Å². The first-order valence-corrected chi connectivity index (χ1v) is 9.50. The number of rotatable bonds is 3. The first-order chi connectivity index (χ1) is 13.4. The van der Waals surface area contributed by atoms with E-state index in [-0.39, 0.29) is 31.3 Å². The van der Waals surface area contributed by atoms with Crippen LogP contribution in [0.5, 0.6) is 0 Å². The number of nitrogens with zero attached hydrogens (tertiary/aromatic N) is 2. The summed E-state index contributed by atoms with van der Waals surface area (Å²) in [6, 6.07) is 8.52. The molecule has 4 atom stereocenters. The van der Waals surface area contributed by atoms with Crippen molar-refractivity contribution >= 4 is 23.4 Å². The summed E-state index contributed by atoms with van der Waals surface area (Å²) in [5, 5.41) is 24.7. The highest BCUT2D eigenvalue weighted by molar-refractivity contribution is 6.07. The van der Waals surface area contributed by atoms with Crippen LogP contribution in [0.4, 0.5) is 5.69 Å². The van der Waals surface area contributed by atoms with Crippen LogP contribution in [0, 0.1) is 11.3 Å². The Morgan fingerprint density at radius 3 is 2.86 bits per heavy atom. The fourth-order valence-corrected chi connectivity index (χ4v) is 4.62. The van der Waals surface area contributed by atoms with E-state index < -0.39 is 29.4 Å². The highest BCUT2D eigenvalue weighted by Gasteiger charge is 2.55. The van der Waals surface area contributed by atoms with Crippen LogP contribution < -0.4 is 10.6 Å². The van der Waals surface area contributed by atoms with E-state index in [2.05, 4.69) is 16.7 Å². The van der Waals surface area contributed by atoms with E-state index in [1.165, 1.54) is 4.90 Å². The molecule has 1 aromatic rings. The Morgan fingerprint density at radius 1 is 1.36 bits per heavy atom. The molecule has 146 valence electrons. The summed E-state index contributed by atoms with van der Waals surface area (Å²) < 4.78 is 0. The maximum Gasteiger partial charge on any atom is 0.237 e. The van der Waals surface area contributed by atoms with Crippen LogP contribution in [0.1, 0.15) is 37.7 Å². The second-order valence-electron chi connectivity index (χ2n) is 7.86. The molecule has 3 aliphatic rings. The Morgan fingerprint density at radius 2 is 2.14 bits per heavy atom. The van der Waals surface area contributed by atoms with Crippen molar-refractivity contribution in [2.75, 3.05) is 11.9 Å². The summed E-state index contributed by atoms with van der Waals surface area (Å²) in [5.74, 6) is -1.09. The number of fused-ring (bicyclic) bond motifs is 2. The Balaban J connectivity index is 1.48. The zero-order chi connectivity index (χ0) is 19.9. The first kappa shape index (κ1) is 18.4. The van der Waals surface area contributed by atoms with Crippen molar-refractivity contribution in [3.05, 3.63) is 29.8 Å². The maximum absolute atomic E-state index is 12.8. The minimum atomic E-state index is -0.946. The molecule has 28 heavy (non-hydrogen) atoms. The van der Waals surface area contributed by atoms with Crippen LogP contribution in [0.15, 0.2) is 24.3 Å². The summed E-state index contributed by atoms with van der Waals surface area (Å²) in [6.45, 7) is 0.0856. The molecule has 1 saturated carbocycles. The molecule has 8 heteroatoms. The van der Waals surface area contributed by atoms with Crippen molar-refractivity contribution in [2.45, 2.75) is 55.7 Å². The van der Waals surface area contributed by atoms with Gasteiger partial charge in [0.1, 0.15) is 12.5 Å². The summed E-state index contributed by atoms with van der Waals surface area (Å²) >= 11 is 0. The van der Waals surface area contributed by atoms with Gasteiger partial charge in [0, 0.05) is 24.7 Å². The van der Waals surface area contributed by atoms with E-state index in [1.807, 2.05) is 18.2 Å².